The summed E-state index contributed by atoms with van der Waals surface area (Å²) < 4.78 is 0. The summed E-state index contributed by atoms with van der Waals surface area (Å²) in [6.45, 7) is 6.60. The van der Waals surface area contributed by atoms with E-state index in [1.807, 2.05) is 0 Å². The zero-order chi connectivity index (χ0) is 14.6. The highest BCUT2D eigenvalue weighted by atomic mass is 35.5. The normalized spacial score (nSPS) is 13.7. The second-order valence-corrected chi connectivity index (χ2v) is 6.99. The van der Waals surface area contributed by atoms with Crippen molar-refractivity contribution in [3.05, 3.63) is 0 Å². The summed E-state index contributed by atoms with van der Waals surface area (Å²) in [4.78, 5) is 0. The van der Waals surface area contributed by atoms with Crippen LogP contribution in [0.1, 0.15) is 91.4 Å². The SMILES string of the molecule is CCCCCCCCCCC(CCCCl)C(C)(C)N. The van der Waals surface area contributed by atoms with Gasteiger partial charge < -0.3 is 5.73 Å². The third-order valence-corrected chi connectivity index (χ3v) is 4.41. The van der Waals surface area contributed by atoms with E-state index in [9.17, 15) is 0 Å². The fourth-order valence-corrected chi connectivity index (χ4v) is 2.89. The van der Waals surface area contributed by atoms with E-state index in [0.717, 1.165) is 12.3 Å². The topological polar surface area (TPSA) is 26.0 Å². The van der Waals surface area contributed by atoms with Gasteiger partial charge >= 0.3 is 0 Å². The molecule has 0 saturated carbocycles. The molecular formula is C17H36ClN. The van der Waals surface area contributed by atoms with Crippen molar-refractivity contribution in [1.29, 1.82) is 0 Å². The van der Waals surface area contributed by atoms with Gasteiger partial charge in [-0.2, -0.15) is 0 Å². The average Bonchev–Trinajstić information content (AvgIpc) is 2.34. The maximum absolute atomic E-state index is 6.27. The lowest BCUT2D eigenvalue weighted by Crippen LogP contribution is -2.41. The Bertz CT molecular complexity index is 186. The number of hydrogen-bond donors (Lipinski definition) is 1. The number of halogens is 1. The molecule has 116 valence electrons. The van der Waals surface area contributed by atoms with Crippen LogP contribution < -0.4 is 5.73 Å². The Morgan fingerprint density at radius 1 is 0.842 bits per heavy atom. The highest BCUT2D eigenvalue weighted by molar-refractivity contribution is 6.17. The molecule has 1 unspecified atom stereocenters. The molecule has 2 heteroatoms. The quantitative estimate of drug-likeness (QED) is 0.332. The molecule has 0 aliphatic heterocycles. The first-order chi connectivity index (χ1) is 9.02. The molecule has 1 nitrogen and oxygen atoms in total. The zero-order valence-corrected chi connectivity index (χ0v) is 14.3. The summed E-state index contributed by atoms with van der Waals surface area (Å²) in [5.41, 5.74) is 6.22. The Balaban J connectivity index is 3.58. The fourth-order valence-electron chi connectivity index (χ4n) is 2.74. The third-order valence-electron chi connectivity index (χ3n) is 4.14. The van der Waals surface area contributed by atoms with Crippen LogP contribution in [0.4, 0.5) is 0 Å². The molecule has 0 aliphatic rings. The first-order valence-corrected chi connectivity index (χ1v) is 8.90. The Morgan fingerprint density at radius 3 is 1.79 bits per heavy atom. The van der Waals surface area contributed by atoms with Gasteiger partial charge in [0.05, 0.1) is 0 Å². The molecular weight excluding hydrogens is 254 g/mol. The van der Waals surface area contributed by atoms with Gasteiger partial charge in [-0.3, -0.25) is 0 Å². The summed E-state index contributed by atoms with van der Waals surface area (Å²) in [6, 6.07) is 0. The molecule has 0 aromatic heterocycles. The molecule has 0 heterocycles. The van der Waals surface area contributed by atoms with Gasteiger partial charge in [-0.05, 0) is 39.0 Å². The van der Waals surface area contributed by atoms with Crippen LogP contribution in [-0.2, 0) is 0 Å². The Labute approximate surface area is 126 Å². The second kappa shape index (κ2) is 12.0. The lowest BCUT2D eigenvalue weighted by atomic mass is 9.81. The van der Waals surface area contributed by atoms with E-state index in [2.05, 4.69) is 20.8 Å². The molecule has 0 fully saturated rings. The minimum absolute atomic E-state index is 0.0484. The van der Waals surface area contributed by atoms with Crippen molar-refractivity contribution in [3.8, 4) is 0 Å². The Morgan fingerprint density at radius 2 is 1.32 bits per heavy atom. The maximum atomic E-state index is 6.27. The molecule has 19 heavy (non-hydrogen) atoms. The molecule has 1 atom stereocenters. The van der Waals surface area contributed by atoms with Crippen molar-refractivity contribution < 1.29 is 0 Å². The van der Waals surface area contributed by atoms with Crippen LogP contribution in [0.3, 0.4) is 0 Å². The number of unbranched alkanes of at least 4 members (excludes halogenated alkanes) is 7. The molecule has 0 radical (unpaired) electrons. The van der Waals surface area contributed by atoms with Crippen molar-refractivity contribution >= 4 is 11.6 Å². The van der Waals surface area contributed by atoms with Gasteiger partial charge in [0.25, 0.3) is 0 Å². The predicted molar refractivity (Wildman–Crippen MR) is 88.9 cm³/mol. The number of hydrogen-bond acceptors (Lipinski definition) is 1. The number of rotatable bonds is 13. The smallest absolute Gasteiger partial charge is 0.0223 e. The van der Waals surface area contributed by atoms with Crippen molar-refractivity contribution in [2.45, 2.75) is 96.9 Å². The van der Waals surface area contributed by atoms with Crippen LogP contribution in [0.25, 0.3) is 0 Å². The van der Waals surface area contributed by atoms with Crippen molar-refractivity contribution in [2.75, 3.05) is 5.88 Å². The minimum Gasteiger partial charge on any atom is -0.325 e. The van der Waals surface area contributed by atoms with Gasteiger partial charge in [0.15, 0.2) is 0 Å². The van der Waals surface area contributed by atoms with Crippen LogP contribution in [0.15, 0.2) is 0 Å². The van der Waals surface area contributed by atoms with Gasteiger partial charge in [-0.1, -0.05) is 58.3 Å². The predicted octanol–water partition coefficient (Wildman–Crippen LogP) is 5.89. The number of alkyl halides is 1. The van der Waals surface area contributed by atoms with E-state index in [4.69, 9.17) is 17.3 Å². The van der Waals surface area contributed by atoms with E-state index in [-0.39, 0.29) is 5.54 Å². The summed E-state index contributed by atoms with van der Waals surface area (Å²) in [7, 11) is 0. The number of nitrogens with two attached hydrogens (primary N) is 1. The van der Waals surface area contributed by atoms with Crippen LogP contribution in [-0.4, -0.2) is 11.4 Å². The van der Waals surface area contributed by atoms with E-state index in [1.165, 1.54) is 64.2 Å². The molecule has 0 rings (SSSR count). The zero-order valence-electron chi connectivity index (χ0n) is 13.5. The fraction of sp³-hybridized carbons (Fsp3) is 1.00. The van der Waals surface area contributed by atoms with Gasteiger partial charge in [0, 0.05) is 11.4 Å². The molecule has 0 amide bonds. The molecule has 0 spiro atoms. The van der Waals surface area contributed by atoms with Gasteiger partial charge in [0.1, 0.15) is 0 Å². The monoisotopic (exact) mass is 289 g/mol. The van der Waals surface area contributed by atoms with Crippen molar-refractivity contribution in [1.82, 2.24) is 0 Å². The minimum atomic E-state index is -0.0484. The highest BCUT2D eigenvalue weighted by Gasteiger charge is 2.23. The van der Waals surface area contributed by atoms with Crippen LogP contribution in [0, 0.1) is 5.92 Å². The lowest BCUT2D eigenvalue weighted by Gasteiger charge is -2.30. The van der Waals surface area contributed by atoms with Crippen LogP contribution in [0.5, 0.6) is 0 Å². The molecule has 0 saturated heterocycles. The van der Waals surface area contributed by atoms with Crippen LogP contribution in [0.2, 0.25) is 0 Å². The van der Waals surface area contributed by atoms with Gasteiger partial charge in [-0.25, -0.2) is 0 Å². The molecule has 0 aromatic carbocycles. The third kappa shape index (κ3) is 11.8. The highest BCUT2D eigenvalue weighted by Crippen LogP contribution is 2.26. The maximum Gasteiger partial charge on any atom is 0.0223 e. The largest absolute Gasteiger partial charge is 0.325 e. The molecule has 0 bridgehead atoms. The van der Waals surface area contributed by atoms with E-state index in [1.54, 1.807) is 0 Å². The second-order valence-electron chi connectivity index (χ2n) is 6.61. The van der Waals surface area contributed by atoms with E-state index >= 15 is 0 Å². The summed E-state index contributed by atoms with van der Waals surface area (Å²) in [5.74, 6) is 1.40. The van der Waals surface area contributed by atoms with Gasteiger partial charge in [-0.15, -0.1) is 11.6 Å². The summed E-state index contributed by atoms with van der Waals surface area (Å²) in [5, 5.41) is 0. The van der Waals surface area contributed by atoms with Crippen molar-refractivity contribution in [2.24, 2.45) is 11.7 Å². The van der Waals surface area contributed by atoms with E-state index in [0.29, 0.717) is 5.92 Å². The van der Waals surface area contributed by atoms with Crippen LogP contribution >= 0.6 is 11.6 Å². The Kier molecular flexibility index (Phi) is 12.2. The lowest BCUT2D eigenvalue weighted by molar-refractivity contribution is 0.273. The first-order valence-electron chi connectivity index (χ1n) is 8.37. The van der Waals surface area contributed by atoms with E-state index < -0.39 is 0 Å². The standard InChI is InChI=1S/C17H36ClN/c1-4-5-6-7-8-9-10-11-13-16(14-12-15-18)17(2,3)19/h16H,4-15,19H2,1-3H3. The van der Waals surface area contributed by atoms with Crippen molar-refractivity contribution in [3.63, 3.8) is 0 Å². The average molecular weight is 290 g/mol. The summed E-state index contributed by atoms with van der Waals surface area (Å²) in [6.07, 6.45) is 14.7. The molecule has 2 N–H and O–H groups in total. The molecule has 0 aliphatic carbocycles. The molecule has 0 aromatic rings. The first kappa shape index (κ1) is 19.2. The summed E-state index contributed by atoms with van der Waals surface area (Å²) >= 11 is 5.80. The Hall–Kier alpha value is 0.250. The van der Waals surface area contributed by atoms with Gasteiger partial charge in [0.2, 0.25) is 0 Å².